The summed E-state index contributed by atoms with van der Waals surface area (Å²) in [5.74, 6) is -3.02. The van der Waals surface area contributed by atoms with Gasteiger partial charge in [0.25, 0.3) is 0 Å². The molecule has 2 aromatic carbocycles. The van der Waals surface area contributed by atoms with Gasteiger partial charge < -0.3 is 43.0 Å². The number of carbonyl (C=O) groups is 4. The van der Waals surface area contributed by atoms with E-state index in [4.69, 9.17) is 37.9 Å². The van der Waals surface area contributed by atoms with Crippen molar-refractivity contribution in [3.8, 4) is 5.75 Å². The highest BCUT2D eigenvalue weighted by Gasteiger charge is 2.79. The van der Waals surface area contributed by atoms with E-state index >= 15 is 0 Å². The van der Waals surface area contributed by atoms with Crippen LogP contribution in [0.4, 0.5) is 0 Å². The second-order valence-corrected chi connectivity index (χ2v) is 15.9. The van der Waals surface area contributed by atoms with Crippen molar-refractivity contribution in [3.05, 3.63) is 76.9 Å². The molecule has 2 saturated heterocycles. The molecule has 0 spiro atoms. The summed E-state index contributed by atoms with van der Waals surface area (Å²) in [5, 5.41) is 13.6. The highest BCUT2D eigenvalue weighted by Crippen LogP contribution is 2.67. The zero-order chi connectivity index (χ0) is 39.0. The second kappa shape index (κ2) is 13.5. The molecule has 0 radical (unpaired) electrons. The minimum absolute atomic E-state index is 0.102. The first-order chi connectivity index (χ1) is 25.5. The van der Waals surface area contributed by atoms with Crippen molar-refractivity contribution in [2.45, 2.75) is 115 Å². The highest BCUT2D eigenvalue weighted by atomic mass is 16.7. The van der Waals surface area contributed by atoms with E-state index in [1.165, 1.54) is 20.8 Å². The molecule has 2 saturated carbocycles. The molecule has 0 amide bonds. The number of rotatable bonds is 7. The Morgan fingerprint density at radius 1 is 0.852 bits per heavy atom. The predicted molar refractivity (Wildman–Crippen MR) is 189 cm³/mol. The number of benzene rings is 2. The van der Waals surface area contributed by atoms with Crippen molar-refractivity contribution in [1.82, 2.24) is 0 Å². The molecule has 2 aromatic rings. The largest absolute Gasteiger partial charge is 0.497 e. The van der Waals surface area contributed by atoms with E-state index in [0.717, 1.165) is 0 Å². The van der Waals surface area contributed by atoms with Gasteiger partial charge in [-0.25, -0.2) is 4.79 Å². The molecule has 13 nitrogen and oxygen atoms in total. The van der Waals surface area contributed by atoms with Gasteiger partial charge in [-0.3, -0.25) is 14.4 Å². The molecule has 2 heterocycles. The summed E-state index contributed by atoms with van der Waals surface area (Å²) >= 11 is 0. The summed E-state index contributed by atoms with van der Waals surface area (Å²) in [4.78, 5) is 53.1. The van der Waals surface area contributed by atoms with Crippen molar-refractivity contribution in [2.24, 2.45) is 16.7 Å². The Morgan fingerprint density at radius 3 is 2.09 bits per heavy atom. The van der Waals surface area contributed by atoms with Gasteiger partial charge in [0, 0.05) is 50.0 Å². The Hall–Kier alpha value is -4.30. The number of aliphatic hydroxyl groups is 1. The summed E-state index contributed by atoms with van der Waals surface area (Å²) in [5.41, 5.74) is -4.05. The van der Waals surface area contributed by atoms with Gasteiger partial charge in [-0.1, -0.05) is 51.1 Å². The molecule has 11 atom stereocenters. The monoisotopic (exact) mass is 748 g/mol. The number of methoxy groups -OCH3 is 1. The Labute approximate surface area is 314 Å². The van der Waals surface area contributed by atoms with E-state index in [1.54, 1.807) is 49.6 Å². The molecule has 1 N–H and O–H groups in total. The van der Waals surface area contributed by atoms with Crippen LogP contribution >= 0.6 is 0 Å². The van der Waals surface area contributed by atoms with E-state index in [1.807, 2.05) is 39.8 Å². The summed E-state index contributed by atoms with van der Waals surface area (Å²) in [7, 11) is 1.57. The van der Waals surface area contributed by atoms with Crippen LogP contribution in [-0.2, 0) is 47.5 Å². The van der Waals surface area contributed by atoms with Crippen LogP contribution in [-0.4, -0.2) is 90.5 Å². The molecule has 7 rings (SSSR count). The van der Waals surface area contributed by atoms with Gasteiger partial charge in [-0.2, -0.15) is 0 Å². The lowest BCUT2D eigenvalue weighted by atomic mass is 9.44. The second-order valence-electron chi connectivity index (χ2n) is 15.9. The fourth-order valence-corrected chi connectivity index (χ4v) is 10.1. The lowest BCUT2D eigenvalue weighted by molar-refractivity contribution is -0.362. The predicted octanol–water partition coefficient (Wildman–Crippen LogP) is 4.78. The summed E-state index contributed by atoms with van der Waals surface area (Å²) in [6.07, 6.45) is -7.18. The maximum atomic E-state index is 14.3. The fourth-order valence-electron chi connectivity index (χ4n) is 10.1. The van der Waals surface area contributed by atoms with E-state index in [-0.39, 0.29) is 25.0 Å². The smallest absolute Gasteiger partial charge is 0.338 e. The number of ether oxygens (including phenoxy) is 8. The van der Waals surface area contributed by atoms with Crippen molar-refractivity contribution >= 4 is 23.9 Å². The third kappa shape index (κ3) is 5.73. The first kappa shape index (κ1) is 38.0. The average molecular weight is 749 g/mol. The van der Waals surface area contributed by atoms with Gasteiger partial charge in [0.2, 0.25) is 0 Å². The van der Waals surface area contributed by atoms with E-state index in [0.29, 0.717) is 22.5 Å². The molecule has 290 valence electrons. The zero-order valence-corrected chi connectivity index (χ0v) is 31.8. The van der Waals surface area contributed by atoms with Crippen LogP contribution < -0.4 is 4.74 Å². The first-order valence-electron chi connectivity index (χ1n) is 18.3. The Bertz CT molecular complexity index is 1860. The van der Waals surface area contributed by atoms with Crippen molar-refractivity contribution in [3.63, 3.8) is 0 Å². The van der Waals surface area contributed by atoms with Crippen LogP contribution in [0.15, 0.2) is 65.7 Å². The quantitative estimate of drug-likeness (QED) is 0.234. The van der Waals surface area contributed by atoms with Gasteiger partial charge >= 0.3 is 23.9 Å². The maximum Gasteiger partial charge on any atom is 0.338 e. The topological polar surface area (TPSA) is 162 Å². The summed E-state index contributed by atoms with van der Waals surface area (Å²) < 4.78 is 50.5. The normalized spacial score (nSPS) is 37.5. The standard InChI is InChI=1S/C41H48O13/c1-21-28(49-22(2)42)19-41(46)35(52-36(45)25-12-10-9-11-13-25)33-39(7,29(50-23(3)43)18-30-40(33,20-48-30)54-24(4)44)34-32(31(21)38(41,5)6)51-37(53-34)26-14-16-27(47-8)17-15-26/h9-17,28-30,32-35,37,46H,18-20H2,1-8H3/t28-,29-,30+,32+,33-,34+,35-,37?,39+,40-,41+/m0/s1. The third-order valence-electron chi connectivity index (χ3n) is 12.6. The minimum Gasteiger partial charge on any atom is -0.497 e. The van der Waals surface area contributed by atoms with Crippen LogP contribution in [0.5, 0.6) is 5.75 Å². The van der Waals surface area contributed by atoms with E-state index < -0.39 is 94.7 Å². The zero-order valence-electron chi connectivity index (χ0n) is 31.8. The molecule has 5 aliphatic rings. The Morgan fingerprint density at radius 2 is 1.52 bits per heavy atom. The van der Waals surface area contributed by atoms with Crippen molar-refractivity contribution in [1.29, 1.82) is 0 Å². The summed E-state index contributed by atoms with van der Waals surface area (Å²) in [6, 6.07) is 15.5. The first-order valence-corrected chi connectivity index (χ1v) is 18.3. The molecule has 4 fully saturated rings. The number of esters is 4. The van der Waals surface area contributed by atoms with Crippen LogP contribution in [0.2, 0.25) is 0 Å². The lowest BCUT2D eigenvalue weighted by Gasteiger charge is -2.69. The molecule has 54 heavy (non-hydrogen) atoms. The fraction of sp³-hybridized carbons (Fsp3) is 0.561. The van der Waals surface area contributed by atoms with Crippen molar-refractivity contribution in [2.75, 3.05) is 13.7 Å². The molecule has 3 aliphatic carbocycles. The van der Waals surface area contributed by atoms with Crippen LogP contribution in [0.3, 0.4) is 0 Å². The van der Waals surface area contributed by atoms with Gasteiger partial charge in [0.05, 0.1) is 25.2 Å². The molecule has 2 aliphatic heterocycles. The average Bonchev–Trinajstić information content (AvgIpc) is 3.55. The minimum atomic E-state index is -2.02. The van der Waals surface area contributed by atoms with Crippen molar-refractivity contribution < 1.29 is 62.2 Å². The number of fused-ring (bicyclic) bond motifs is 8. The molecular formula is C41H48O13. The van der Waals surface area contributed by atoms with E-state index in [2.05, 4.69) is 0 Å². The number of carbonyl (C=O) groups excluding carboxylic acids is 4. The molecule has 1 unspecified atom stereocenters. The number of hydrogen-bond acceptors (Lipinski definition) is 13. The van der Waals surface area contributed by atoms with Crippen LogP contribution in [0.1, 0.15) is 83.5 Å². The molecule has 2 bridgehead atoms. The van der Waals surface area contributed by atoms with Crippen LogP contribution in [0.25, 0.3) is 0 Å². The van der Waals surface area contributed by atoms with Gasteiger partial charge in [0.1, 0.15) is 48.0 Å². The maximum absolute atomic E-state index is 14.3. The lowest BCUT2D eigenvalue weighted by Crippen LogP contribution is -2.82. The summed E-state index contributed by atoms with van der Waals surface area (Å²) in [6.45, 7) is 11.1. The van der Waals surface area contributed by atoms with Crippen LogP contribution in [0, 0.1) is 16.7 Å². The van der Waals surface area contributed by atoms with E-state index in [9.17, 15) is 24.3 Å². The van der Waals surface area contributed by atoms with Gasteiger partial charge in [0.15, 0.2) is 11.9 Å². The number of hydrogen-bond donors (Lipinski definition) is 1. The molecular weight excluding hydrogens is 700 g/mol. The Balaban J connectivity index is 1.53. The Kier molecular flexibility index (Phi) is 9.48. The molecule has 13 heteroatoms. The highest BCUT2D eigenvalue weighted by molar-refractivity contribution is 5.89. The third-order valence-corrected chi connectivity index (χ3v) is 12.6. The van der Waals surface area contributed by atoms with Gasteiger partial charge in [-0.15, -0.1) is 0 Å². The SMILES string of the molecule is COc1ccc(C2O[C@@H]3C4=C(C)[C@@H](OC(C)=O)C[C@@](O)([C@@H](OC(=O)c5ccccc5)[C@@H]5[C@]6(OC(C)=O)CO[C@@H]6C[C@H](OC(C)=O)[C@@]5(C)[C@@H]3O2)C4(C)C)cc1. The molecule has 0 aromatic heterocycles. The van der Waals surface area contributed by atoms with Gasteiger partial charge in [-0.05, 0) is 42.3 Å².